The second-order valence-corrected chi connectivity index (χ2v) is 8.75. The smallest absolute Gasteiger partial charge is 0.271 e. The number of methoxy groups -OCH3 is 1. The molecule has 0 spiro atoms. The maximum Gasteiger partial charge on any atom is 0.271 e. The molecule has 2 amide bonds. The van der Waals surface area contributed by atoms with Crippen LogP contribution in [0.4, 0.5) is 5.69 Å². The maximum absolute atomic E-state index is 12.5. The van der Waals surface area contributed by atoms with Crippen molar-refractivity contribution in [3.8, 4) is 17.2 Å². The number of hydrogen-bond donors (Lipinski definition) is 2. The van der Waals surface area contributed by atoms with Gasteiger partial charge in [-0.2, -0.15) is 5.10 Å². The first-order chi connectivity index (χ1) is 17.8. The van der Waals surface area contributed by atoms with Gasteiger partial charge in [0.05, 0.1) is 30.0 Å². The van der Waals surface area contributed by atoms with Gasteiger partial charge in [-0.05, 0) is 66.9 Å². The molecule has 0 radical (unpaired) electrons. The van der Waals surface area contributed by atoms with E-state index >= 15 is 0 Å². The molecule has 37 heavy (non-hydrogen) atoms. The van der Waals surface area contributed by atoms with E-state index in [1.165, 1.54) is 13.3 Å². The number of amides is 2. The second kappa shape index (κ2) is 13.5. The van der Waals surface area contributed by atoms with Gasteiger partial charge in [0.1, 0.15) is 0 Å². The van der Waals surface area contributed by atoms with Crippen molar-refractivity contribution < 1.29 is 23.8 Å². The van der Waals surface area contributed by atoms with E-state index < -0.39 is 5.91 Å². The Morgan fingerprint density at radius 2 is 1.76 bits per heavy atom. The standard InChI is InChI=1S/C27H27Cl2N3O5/c1-4-10-36-23-9-8-19(14-24(23)35-3)27(34)32-30-15-18-12-21(28)26(22(29)13-18)37-16-25(33)31-20-7-5-6-17(2)11-20/h5-9,11-15H,4,10,16H2,1-3H3,(H,31,33)(H,32,34)/b30-15+. The Balaban J connectivity index is 1.58. The van der Waals surface area contributed by atoms with Crippen molar-refractivity contribution in [1.82, 2.24) is 5.43 Å². The molecular formula is C27H27Cl2N3O5. The molecule has 0 saturated carbocycles. The van der Waals surface area contributed by atoms with Crippen molar-refractivity contribution in [1.29, 1.82) is 0 Å². The SMILES string of the molecule is CCCOc1ccc(C(=O)N/N=C/c2cc(Cl)c(OCC(=O)Nc3cccc(C)c3)c(Cl)c2)cc1OC. The summed E-state index contributed by atoms with van der Waals surface area (Å²) < 4.78 is 16.4. The van der Waals surface area contributed by atoms with Crippen LogP contribution in [-0.2, 0) is 4.79 Å². The third kappa shape index (κ3) is 8.13. The van der Waals surface area contributed by atoms with Gasteiger partial charge in [-0.1, -0.05) is 42.3 Å². The van der Waals surface area contributed by atoms with E-state index in [-0.39, 0.29) is 28.3 Å². The molecule has 0 aliphatic heterocycles. The van der Waals surface area contributed by atoms with Crippen LogP contribution >= 0.6 is 23.2 Å². The molecule has 0 aliphatic carbocycles. The minimum absolute atomic E-state index is 0.168. The predicted molar refractivity (Wildman–Crippen MR) is 146 cm³/mol. The molecule has 0 heterocycles. The van der Waals surface area contributed by atoms with E-state index in [4.69, 9.17) is 37.4 Å². The van der Waals surface area contributed by atoms with E-state index in [0.29, 0.717) is 34.9 Å². The lowest BCUT2D eigenvalue weighted by atomic mass is 10.2. The third-order valence-electron chi connectivity index (χ3n) is 4.94. The van der Waals surface area contributed by atoms with E-state index in [9.17, 15) is 9.59 Å². The van der Waals surface area contributed by atoms with Crippen molar-refractivity contribution in [2.75, 3.05) is 25.6 Å². The number of anilines is 1. The fourth-order valence-corrected chi connectivity index (χ4v) is 3.83. The Hall–Kier alpha value is -3.75. The number of nitrogens with one attached hydrogen (secondary N) is 2. The van der Waals surface area contributed by atoms with Crippen molar-refractivity contribution in [2.45, 2.75) is 20.3 Å². The lowest BCUT2D eigenvalue weighted by molar-refractivity contribution is -0.118. The molecule has 194 valence electrons. The number of aryl methyl sites for hydroxylation is 1. The first-order valence-corrected chi connectivity index (χ1v) is 12.2. The summed E-state index contributed by atoms with van der Waals surface area (Å²) in [4.78, 5) is 24.7. The molecule has 3 rings (SSSR count). The average molecular weight is 544 g/mol. The van der Waals surface area contributed by atoms with Crippen LogP contribution in [-0.4, -0.2) is 38.4 Å². The van der Waals surface area contributed by atoms with Crippen molar-refractivity contribution in [3.05, 3.63) is 81.3 Å². The quantitative estimate of drug-likeness (QED) is 0.232. The van der Waals surface area contributed by atoms with Gasteiger partial charge in [0.2, 0.25) is 0 Å². The zero-order valence-electron chi connectivity index (χ0n) is 20.6. The molecule has 0 saturated heterocycles. The summed E-state index contributed by atoms with van der Waals surface area (Å²) in [5.74, 6) is 0.387. The van der Waals surface area contributed by atoms with Gasteiger partial charge < -0.3 is 19.5 Å². The zero-order chi connectivity index (χ0) is 26.8. The summed E-state index contributed by atoms with van der Waals surface area (Å²) in [7, 11) is 1.51. The summed E-state index contributed by atoms with van der Waals surface area (Å²) >= 11 is 12.6. The van der Waals surface area contributed by atoms with E-state index in [1.54, 1.807) is 36.4 Å². The molecule has 2 N–H and O–H groups in total. The van der Waals surface area contributed by atoms with Crippen molar-refractivity contribution in [2.24, 2.45) is 5.10 Å². The molecule has 10 heteroatoms. The van der Waals surface area contributed by atoms with Crippen molar-refractivity contribution in [3.63, 3.8) is 0 Å². The van der Waals surface area contributed by atoms with Gasteiger partial charge in [0, 0.05) is 11.3 Å². The molecule has 3 aromatic rings. The monoisotopic (exact) mass is 543 g/mol. The van der Waals surface area contributed by atoms with Crippen LogP contribution in [0, 0.1) is 6.92 Å². The number of hydrazone groups is 1. The minimum atomic E-state index is -0.437. The van der Waals surface area contributed by atoms with Crippen LogP contribution in [0.5, 0.6) is 17.2 Å². The Morgan fingerprint density at radius 1 is 1.00 bits per heavy atom. The molecule has 3 aromatic carbocycles. The highest BCUT2D eigenvalue weighted by Gasteiger charge is 2.13. The van der Waals surface area contributed by atoms with Gasteiger partial charge >= 0.3 is 0 Å². The Bertz CT molecular complexity index is 1270. The first-order valence-electron chi connectivity index (χ1n) is 11.4. The molecule has 0 atom stereocenters. The van der Waals surface area contributed by atoms with E-state index in [1.807, 2.05) is 32.0 Å². The highest BCUT2D eigenvalue weighted by molar-refractivity contribution is 6.37. The Morgan fingerprint density at radius 3 is 2.43 bits per heavy atom. The molecule has 0 aliphatic rings. The highest BCUT2D eigenvalue weighted by atomic mass is 35.5. The van der Waals surface area contributed by atoms with Gasteiger partial charge in [0.15, 0.2) is 23.9 Å². The molecule has 8 nitrogen and oxygen atoms in total. The number of nitrogens with zero attached hydrogens (tertiary/aromatic N) is 1. The number of carbonyl (C=O) groups is 2. The topological polar surface area (TPSA) is 98.3 Å². The number of benzene rings is 3. The van der Waals surface area contributed by atoms with Gasteiger partial charge in [-0.25, -0.2) is 5.43 Å². The first kappa shape index (κ1) is 27.8. The largest absolute Gasteiger partial charge is 0.493 e. The van der Waals surface area contributed by atoms with Crippen LogP contribution < -0.4 is 25.0 Å². The Labute approximate surface area is 225 Å². The number of carbonyl (C=O) groups excluding carboxylic acids is 2. The number of hydrogen-bond acceptors (Lipinski definition) is 6. The number of ether oxygens (including phenoxy) is 3. The van der Waals surface area contributed by atoms with Crippen LogP contribution in [0.15, 0.2) is 59.7 Å². The molecule has 0 fully saturated rings. The lowest BCUT2D eigenvalue weighted by Crippen LogP contribution is -2.20. The fourth-order valence-electron chi connectivity index (χ4n) is 3.22. The summed E-state index contributed by atoms with van der Waals surface area (Å²) in [6.45, 7) is 4.20. The second-order valence-electron chi connectivity index (χ2n) is 7.93. The molecular weight excluding hydrogens is 517 g/mol. The zero-order valence-corrected chi connectivity index (χ0v) is 22.2. The molecule has 0 unspecified atom stereocenters. The predicted octanol–water partition coefficient (Wildman–Crippen LogP) is 5.88. The van der Waals surface area contributed by atoms with E-state index in [2.05, 4.69) is 15.8 Å². The number of halogens is 2. The fraction of sp³-hybridized carbons (Fsp3) is 0.222. The summed E-state index contributed by atoms with van der Waals surface area (Å²) in [5.41, 5.74) is 5.00. The minimum Gasteiger partial charge on any atom is -0.493 e. The van der Waals surface area contributed by atoms with Crippen LogP contribution in [0.2, 0.25) is 10.0 Å². The van der Waals surface area contributed by atoms with Gasteiger partial charge in [-0.3, -0.25) is 9.59 Å². The summed E-state index contributed by atoms with van der Waals surface area (Å²) in [6.07, 6.45) is 2.24. The van der Waals surface area contributed by atoms with Crippen LogP contribution in [0.25, 0.3) is 0 Å². The summed E-state index contributed by atoms with van der Waals surface area (Å²) in [5, 5.41) is 7.10. The van der Waals surface area contributed by atoms with Crippen LogP contribution in [0.1, 0.15) is 34.8 Å². The molecule has 0 aromatic heterocycles. The van der Waals surface area contributed by atoms with Gasteiger partial charge in [-0.15, -0.1) is 0 Å². The average Bonchev–Trinajstić information content (AvgIpc) is 2.86. The highest BCUT2D eigenvalue weighted by Crippen LogP contribution is 2.34. The normalized spacial score (nSPS) is 10.7. The van der Waals surface area contributed by atoms with Crippen molar-refractivity contribution >= 4 is 46.9 Å². The lowest BCUT2D eigenvalue weighted by Gasteiger charge is -2.11. The van der Waals surface area contributed by atoms with Crippen LogP contribution in [0.3, 0.4) is 0 Å². The summed E-state index contributed by atoms with van der Waals surface area (Å²) in [6, 6.07) is 15.4. The van der Waals surface area contributed by atoms with Gasteiger partial charge in [0.25, 0.3) is 11.8 Å². The maximum atomic E-state index is 12.5. The third-order valence-corrected chi connectivity index (χ3v) is 5.50. The number of rotatable bonds is 11. The molecule has 0 bridgehead atoms. The Kier molecular flexibility index (Phi) is 10.2. The van der Waals surface area contributed by atoms with E-state index in [0.717, 1.165) is 12.0 Å².